The number of carbonyl (C=O) groups is 4. The molecule has 0 aromatic rings. The third-order valence-electron chi connectivity index (χ3n) is 15.7. The molecular weight excluding hydrogens is 1280 g/mol. The lowest BCUT2D eigenvalue weighted by atomic mass is 10.1. The summed E-state index contributed by atoms with van der Waals surface area (Å²) in [7, 11) is -9.96. The second-order valence-electron chi connectivity index (χ2n) is 25.2. The van der Waals surface area contributed by atoms with Gasteiger partial charge in [-0.2, -0.15) is 0 Å². The molecule has 0 spiro atoms. The van der Waals surface area contributed by atoms with Crippen molar-refractivity contribution in [3.8, 4) is 0 Å². The van der Waals surface area contributed by atoms with E-state index in [9.17, 15) is 43.2 Å². The number of hydrogen-bond acceptors (Lipinski definition) is 15. The van der Waals surface area contributed by atoms with E-state index in [-0.39, 0.29) is 25.7 Å². The highest BCUT2D eigenvalue weighted by atomic mass is 31.2. The van der Waals surface area contributed by atoms with Gasteiger partial charge in [-0.25, -0.2) is 9.13 Å². The number of aliphatic hydroxyl groups excluding tert-OH is 1. The van der Waals surface area contributed by atoms with Crippen LogP contribution in [-0.2, 0) is 65.4 Å². The molecule has 0 aliphatic rings. The minimum atomic E-state index is -4.98. The molecule has 0 heterocycles. The lowest BCUT2D eigenvalue weighted by molar-refractivity contribution is -0.161. The maximum atomic E-state index is 13.1. The Balaban J connectivity index is 5.37. The minimum absolute atomic E-state index is 0.0762. The van der Waals surface area contributed by atoms with Crippen LogP contribution in [0.25, 0.3) is 0 Å². The van der Waals surface area contributed by atoms with Gasteiger partial charge < -0.3 is 33.8 Å². The third-order valence-corrected chi connectivity index (χ3v) is 17.6. The highest BCUT2D eigenvalue weighted by Crippen LogP contribution is 2.45. The lowest BCUT2D eigenvalue weighted by Gasteiger charge is -2.21. The molecule has 564 valence electrons. The number of ether oxygens (including phenoxy) is 4. The quantitative estimate of drug-likeness (QED) is 0.0169. The Bertz CT molecular complexity index is 2290. The zero-order valence-electron chi connectivity index (χ0n) is 61.4. The van der Waals surface area contributed by atoms with E-state index in [1.807, 2.05) is 0 Å². The van der Waals surface area contributed by atoms with Crippen LogP contribution < -0.4 is 0 Å². The monoisotopic (exact) mass is 1420 g/mol. The van der Waals surface area contributed by atoms with Gasteiger partial charge >= 0.3 is 39.5 Å². The third kappa shape index (κ3) is 70.2. The highest BCUT2D eigenvalue weighted by molar-refractivity contribution is 7.47. The molecule has 0 bridgehead atoms. The van der Waals surface area contributed by atoms with Crippen molar-refractivity contribution in [3.05, 3.63) is 109 Å². The van der Waals surface area contributed by atoms with Gasteiger partial charge in [0.1, 0.15) is 19.3 Å². The first-order chi connectivity index (χ1) is 47.7. The van der Waals surface area contributed by atoms with Crippen molar-refractivity contribution in [1.29, 1.82) is 0 Å². The summed E-state index contributed by atoms with van der Waals surface area (Å²) in [5.74, 6) is -2.24. The van der Waals surface area contributed by atoms with Crippen LogP contribution in [0, 0.1) is 0 Å². The smallest absolute Gasteiger partial charge is 0.462 e. The van der Waals surface area contributed by atoms with E-state index in [0.29, 0.717) is 25.7 Å². The molecule has 0 aliphatic heterocycles. The van der Waals surface area contributed by atoms with Crippen LogP contribution in [0.1, 0.15) is 310 Å². The second-order valence-corrected chi connectivity index (χ2v) is 28.1. The Morgan fingerprint density at radius 2 is 0.561 bits per heavy atom. The number of carbonyl (C=O) groups excluding carboxylic acids is 4. The molecule has 0 amide bonds. The van der Waals surface area contributed by atoms with Crippen LogP contribution in [0.2, 0.25) is 0 Å². The summed E-state index contributed by atoms with van der Waals surface area (Å²) in [6.07, 6.45) is 75.1. The predicted molar refractivity (Wildman–Crippen MR) is 399 cm³/mol. The van der Waals surface area contributed by atoms with Crippen molar-refractivity contribution in [2.24, 2.45) is 0 Å². The highest BCUT2D eigenvalue weighted by Gasteiger charge is 2.30. The zero-order chi connectivity index (χ0) is 71.8. The van der Waals surface area contributed by atoms with E-state index in [2.05, 4.69) is 137 Å². The molecule has 0 aromatic heterocycles. The molecule has 0 radical (unpaired) electrons. The minimum Gasteiger partial charge on any atom is -0.462 e. The number of aliphatic hydroxyl groups is 1. The number of phosphoric acid groups is 2. The van der Waals surface area contributed by atoms with Gasteiger partial charge in [0.05, 0.1) is 26.4 Å². The average molecular weight is 1420 g/mol. The Morgan fingerprint density at radius 3 is 0.908 bits per heavy atom. The van der Waals surface area contributed by atoms with Crippen molar-refractivity contribution in [3.63, 3.8) is 0 Å². The Hall–Kier alpha value is -4.28. The van der Waals surface area contributed by atoms with Crippen LogP contribution in [0.15, 0.2) is 109 Å². The summed E-state index contributed by atoms with van der Waals surface area (Å²) in [6.45, 7) is 4.58. The maximum Gasteiger partial charge on any atom is 0.472 e. The first-order valence-corrected chi connectivity index (χ1v) is 41.1. The average Bonchev–Trinajstić information content (AvgIpc) is 0.992. The predicted octanol–water partition coefficient (Wildman–Crippen LogP) is 21.8. The molecule has 5 atom stereocenters. The normalized spacial score (nSPS) is 14.6. The van der Waals surface area contributed by atoms with Gasteiger partial charge in [-0.15, -0.1) is 0 Å². The Kier molecular flexibility index (Phi) is 68.0. The van der Waals surface area contributed by atoms with Gasteiger partial charge in [-0.3, -0.25) is 37.3 Å². The lowest BCUT2D eigenvalue weighted by Crippen LogP contribution is -2.30. The molecule has 5 unspecified atom stereocenters. The fraction of sp³-hybridized carbons (Fsp3) is 0.722. The second kappa shape index (κ2) is 71.1. The van der Waals surface area contributed by atoms with Gasteiger partial charge in [0.25, 0.3) is 0 Å². The summed E-state index contributed by atoms with van der Waals surface area (Å²) < 4.78 is 68.4. The molecular formula is C79H136O17P2. The Morgan fingerprint density at radius 1 is 0.296 bits per heavy atom. The summed E-state index contributed by atoms with van der Waals surface area (Å²) in [4.78, 5) is 72.8. The fourth-order valence-electron chi connectivity index (χ4n) is 9.85. The van der Waals surface area contributed by atoms with E-state index in [0.717, 1.165) is 180 Å². The largest absolute Gasteiger partial charge is 0.472 e. The van der Waals surface area contributed by atoms with E-state index in [1.54, 1.807) is 0 Å². The van der Waals surface area contributed by atoms with Gasteiger partial charge in [-0.05, 0) is 141 Å². The number of hydrogen-bond donors (Lipinski definition) is 3. The van der Waals surface area contributed by atoms with E-state index < -0.39 is 97.5 Å². The van der Waals surface area contributed by atoms with Gasteiger partial charge in [0, 0.05) is 25.7 Å². The topological polar surface area (TPSA) is 237 Å². The van der Waals surface area contributed by atoms with Crippen LogP contribution in [0.4, 0.5) is 0 Å². The first-order valence-electron chi connectivity index (χ1n) is 38.1. The van der Waals surface area contributed by atoms with Crippen molar-refractivity contribution in [2.75, 3.05) is 39.6 Å². The van der Waals surface area contributed by atoms with E-state index >= 15 is 0 Å². The SMILES string of the molecule is CC/C=C\C/C=C\C/C=C\C/C=C\C/C=C\CCCCCC(=O)OCC(COP(=O)(O)OCC(O)COP(=O)(O)OCC(COC(=O)CCCCCCC/C=C\C/C=C\CCC)OC(=O)CCCCCCC/C=C\CCCC)OC(=O)CCCCCCC/C=C\CCCCCCCC. The molecule has 19 heteroatoms. The van der Waals surface area contributed by atoms with Crippen LogP contribution in [0.5, 0.6) is 0 Å². The number of rotatable bonds is 71. The van der Waals surface area contributed by atoms with E-state index in [1.165, 1.54) is 51.4 Å². The van der Waals surface area contributed by atoms with Crippen LogP contribution >= 0.6 is 15.6 Å². The zero-order valence-corrected chi connectivity index (χ0v) is 63.2. The number of allylic oxidation sites excluding steroid dienone is 18. The van der Waals surface area contributed by atoms with Crippen molar-refractivity contribution >= 4 is 39.5 Å². The number of esters is 4. The van der Waals surface area contributed by atoms with Crippen molar-refractivity contribution in [2.45, 2.75) is 329 Å². The fourth-order valence-corrected chi connectivity index (χ4v) is 11.4. The first kappa shape index (κ1) is 93.7. The molecule has 3 N–H and O–H groups in total. The van der Waals surface area contributed by atoms with Gasteiger partial charge in [0.15, 0.2) is 12.2 Å². The molecule has 0 rings (SSSR count). The summed E-state index contributed by atoms with van der Waals surface area (Å²) in [6, 6.07) is 0. The van der Waals surface area contributed by atoms with Crippen LogP contribution in [-0.4, -0.2) is 96.7 Å². The summed E-state index contributed by atoms with van der Waals surface area (Å²) in [5, 5.41) is 10.6. The molecule has 0 saturated heterocycles. The molecule has 0 fully saturated rings. The standard InChI is InChI=1S/C79H136O17P2/c1-5-9-13-17-21-25-29-32-34-35-36-37-39-41-45-48-52-56-60-64-77(82)90-70-75(96-79(84)66-62-58-54-50-46-42-38-33-30-26-22-18-14-10-6-2)72-94-98(87,88)92-68-73(80)67-91-97(85,86)93-71-74(95-78(83)65-61-57-53-49-43-28-24-20-16-12-8-4)69-89-76(81)63-59-55-51-47-44-40-31-27-23-19-15-11-7-3/h9,13,15,19-21,24-25,27,31-34,36-38,41,45,73-75,80H,5-8,10-12,14,16-18,22-23,26,28-30,35,39-40,42-44,46-72H2,1-4H3,(H,85,86)(H,87,88)/b13-9-,19-15-,24-20-,25-21-,31-27-,34-32-,37-36-,38-33-,45-41-. The summed E-state index contributed by atoms with van der Waals surface area (Å²) >= 11 is 0. The molecule has 0 aromatic carbocycles. The molecule has 98 heavy (non-hydrogen) atoms. The van der Waals surface area contributed by atoms with Crippen LogP contribution in [0.3, 0.4) is 0 Å². The maximum absolute atomic E-state index is 13.1. The van der Waals surface area contributed by atoms with Crippen molar-refractivity contribution < 1.29 is 80.2 Å². The van der Waals surface area contributed by atoms with Gasteiger partial charge in [-0.1, -0.05) is 253 Å². The number of phosphoric ester groups is 2. The van der Waals surface area contributed by atoms with E-state index in [4.69, 9.17) is 37.0 Å². The Labute approximate surface area is 594 Å². The summed E-state index contributed by atoms with van der Waals surface area (Å²) in [5.41, 5.74) is 0. The van der Waals surface area contributed by atoms with Gasteiger partial charge in [0.2, 0.25) is 0 Å². The molecule has 0 saturated carbocycles. The van der Waals surface area contributed by atoms with Crippen molar-refractivity contribution in [1.82, 2.24) is 0 Å². The molecule has 17 nitrogen and oxygen atoms in total. The molecule has 0 aliphatic carbocycles. The number of unbranched alkanes of at least 4 members (excludes halogenated alkanes) is 27.